The number of aromatic amines is 1. The lowest BCUT2D eigenvalue weighted by Crippen LogP contribution is -1.76. The normalized spacial score (nSPS) is 9.86. The summed E-state index contributed by atoms with van der Waals surface area (Å²) < 4.78 is 0.983. The summed E-state index contributed by atoms with van der Waals surface area (Å²) in [6.45, 7) is 2.04. The highest BCUT2D eigenvalue weighted by Gasteiger charge is 2.04. The maximum atomic E-state index is 4.08. The lowest BCUT2D eigenvalue weighted by Gasteiger charge is -1.92. The Kier molecular flexibility index (Phi) is 2.55. The van der Waals surface area contributed by atoms with Gasteiger partial charge in [0.25, 0.3) is 0 Å². The molecular weight excluding hydrogens is 240 g/mol. The topological polar surface area (TPSA) is 28.7 Å². The van der Waals surface area contributed by atoms with Crippen LogP contribution in [0, 0.1) is 11.8 Å². The van der Waals surface area contributed by atoms with Gasteiger partial charge in [0.1, 0.15) is 0 Å². The van der Waals surface area contributed by atoms with E-state index in [-0.39, 0.29) is 0 Å². The summed E-state index contributed by atoms with van der Waals surface area (Å²) in [5.74, 6) is 6.18. The molecule has 0 radical (unpaired) electrons. The van der Waals surface area contributed by atoms with Gasteiger partial charge < -0.3 is 4.98 Å². The molecular formula is C11H9BrN2. The Labute approximate surface area is 90.9 Å². The zero-order chi connectivity index (χ0) is 9.97. The van der Waals surface area contributed by atoms with Gasteiger partial charge in [-0.2, -0.15) is 0 Å². The molecule has 0 saturated heterocycles. The fraction of sp³-hybridized carbons (Fsp3) is 0.182. The van der Waals surface area contributed by atoms with E-state index >= 15 is 0 Å². The molecule has 0 fully saturated rings. The first-order chi connectivity index (χ1) is 6.83. The van der Waals surface area contributed by atoms with E-state index in [1.165, 1.54) is 0 Å². The van der Waals surface area contributed by atoms with Crippen molar-refractivity contribution < 1.29 is 0 Å². The van der Waals surface area contributed by atoms with Crippen molar-refractivity contribution >= 4 is 26.8 Å². The number of halogens is 1. The Morgan fingerprint density at radius 3 is 3.14 bits per heavy atom. The Balaban J connectivity index is 2.67. The van der Waals surface area contributed by atoms with E-state index in [1.54, 1.807) is 12.4 Å². The van der Waals surface area contributed by atoms with Gasteiger partial charge in [0.05, 0.1) is 17.3 Å². The molecule has 0 spiro atoms. The summed E-state index contributed by atoms with van der Waals surface area (Å²) in [7, 11) is 0. The molecule has 70 valence electrons. The highest BCUT2D eigenvalue weighted by molar-refractivity contribution is 9.10. The van der Waals surface area contributed by atoms with E-state index < -0.39 is 0 Å². The van der Waals surface area contributed by atoms with Crippen LogP contribution in [0.5, 0.6) is 0 Å². The van der Waals surface area contributed by atoms with Crippen molar-refractivity contribution in [2.75, 3.05) is 0 Å². The third-order valence-electron chi connectivity index (χ3n) is 1.94. The Hall–Kier alpha value is -1.27. The molecule has 0 aliphatic carbocycles. The molecule has 3 heteroatoms. The van der Waals surface area contributed by atoms with Crippen molar-refractivity contribution in [1.82, 2.24) is 9.97 Å². The van der Waals surface area contributed by atoms with E-state index in [9.17, 15) is 0 Å². The zero-order valence-corrected chi connectivity index (χ0v) is 9.35. The summed E-state index contributed by atoms with van der Waals surface area (Å²) in [5, 5.41) is 1.11. The van der Waals surface area contributed by atoms with Crippen LogP contribution < -0.4 is 0 Å². The molecule has 2 heterocycles. The first-order valence-electron chi connectivity index (χ1n) is 4.42. The molecule has 0 amide bonds. The molecule has 2 aromatic heterocycles. The largest absolute Gasteiger partial charge is 0.359 e. The van der Waals surface area contributed by atoms with E-state index in [1.807, 2.05) is 13.1 Å². The minimum absolute atomic E-state index is 0.870. The Morgan fingerprint density at radius 2 is 2.36 bits per heavy atom. The molecule has 0 atom stereocenters. The summed E-state index contributed by atoms with van der Waals surface area (Å²) in [5.41, 5.74) is 2.04. The third kappa shape index (κ3) is 1.53. The second kappa shape index (κ2) is 3.85. The first kappa shape index (κ1) is 9.29. The molecule has 2 nitrogen and oxygen atoms in total. The average molecular weight is 249 g/mol. The smallest absolute Gasteiger partial charge is 0.0664 e. The molecule has 14 heavy (non-hydrogen) atoms. The zero-order valence-electron chi connectivity index (χ0n) is 7.76. The monoisotopic (exact) mass is 248 g/mol. The maximum absolute atomic E-state index is 4.08. The number of hydrogen-bond acceptors (Lipinski definition) is 1. The quantitative estimate of drug-likeness (QED) is 0.714. The lowest BCUT2D eigenvalue weighted by molar-refractivity contribution is 1.28. The number of hydrogen-bond donors (Lipinski definition) is 1. The average Bonchev–Trinajstić information content (AvgIpc) is 2.59. The maximum Gasteiger partial charge on any atom is 0.0664 e. The molecule has 0 aliphatic rings. The molecule has 2 rings (SSSR count). The standard InChI is InChI=1S/C11H9BrN2/c1-2-3-4-8-5-14-10-7-13-6-9(12)11(8)10/h5-7,14H,2H2,1H3. The minimum Gasteiger partial charge on any atom is -0.359 e. The number of nitrogens with one attached hydrogen (secondary N) is 1. The summed E-state index contributed by atoms with van der Waals surface area (Å²) in [6, 6.07) is 0. The van der Waals surface area contributed by atoms with Gasteiger partial charge in [0.2, 0.25) is 0 Å². The molecule has 0 unspecified atom stereocenters. The van der Waals surface area contributed by atoms with Gasteiger partial charge in [0, 0.05) is 28.7 Å². The fourth-order valence-corrected chi connectivity index (χ4v) is 1.87. The number of fused-ring (bicyclic) bond motifs is 1. The highest BCUT2D eigenvalue weighted by Crippen LogP contribution is 2.24. The molecule has 1 N–H and O–H groups in total. The SMILES string of the molecule is CCC#Cc1c[nH]c2cncc(Br)c12. The van der Waals surface area contributed by atoms with Gasteiger partial charge in [-0.1, -0.05) is 18.8 Å². The van der Waals surface area contributed by atoms with Crippen LogP contribution in [-0.2, 0) is 0 Å². The molecule has 0 aliphatic heterocycles. The van der Waals surface area contributed by atoms with Crippen LogP contribution in [-0.4, -0.2) is 9.97 Å². The second-order valence-corrected chi connectivity index (χ2v) is 3.76. The number of pyridine rings is 1. The number of nitrogens with zero attached hydrogens (tertiary/aromatic N) is 1. The summed E-state index contributed by atoms with van der Waals surface area (Å²) in [4.78, 5) is 7.22. The molecule has 0 saturated carbocycles. The molecule has 0 bridgehead atoms. The minimum atomic E-state index is 0.870. The highest BCUT2D eigenvalue weighted by atomic mass is 79.9. The van der Waals surface area contributed by atoms with E-state index in [0.717, 1.165) is 27.4 Å². The van der Waals surface area contributed by atoms with Crippen LogP contribution in [0.15, 0.2) is 23.1 Å². The van der Waals surface area contributed by atoms with Crippen LogP contribution in [0.1, 0.15) is 18.9 Å². The van der Waals surface area contributed by atoms with Crippen LogP contribution in [0.25, 0.3) is 10.9 Å². The van der Waals surface area contributed by atoms with Gasteiger partial charge in [-0.25, -0.2) is 0 Å². The summed E-state index contributed by atoms with van der Waals surface area (Å²) in [6.07, 6.45) is 6.37. The fourth-order valence-electron chi connectivity index (χ4n) is 1.32. The van der Waals surface area contributed by atoms with Gasteiger partial charge in [0.15, 0.2) is 0 Å². The van der Waals surface area contributed by atoms with Crippen molar-refractivity contribution in [3.05, 3.63) is 28.6 Å². The van der Waals surface area contributed by atoms with Crippen LogP contribution >= 0.6 is 15.9 Å². The number of H-pyrrole nitrogens is 1. The van der Waals surface area contributed by atoms with E-state index in [2.05, 4.69) is 37.7 Å². The van der Waals surface area contributed by atoms with Gasteiger partial charge in [-0.15, -0.1) is 0 Å². The molecule has 0 aromatic carbocycles. The first-order valence-corrected chi connectivity index (χ1v) is 5.21. The van der Waals surface area contributed by atoms with Crippen LogP contribution in [0.2, 0.25) is 0 Å². The van der Waals surface area contributed by atoms with Crippen molar-refractivity contribution in [2.45, 2.75) is 13.3 Å². The third-order valence-corrected chi connectivity index (χ3v) is 2.54. The Bertz CT molecular complexity index is 517. The number of rotatable bonds is 0. The van der Waals surface area contributed by atoms with Gasteiger partial charge in [-0.3, -0.25) is 4.98 Å². The van der Waals surface area contributed by atoms with E-state index in [4.69, 9.17) is 0 Å². The van der Waals surface area contributed by atoms with Crippen LogP contribution in [0.4, 0.5) is 0 Å². The van der Waals surface area contributed by atoms with Gasteiger partial charge >= 0.3 is 0 Å². The van der Waals surface area contributed by atoms with Gasteiger partial charge in [-0.05, 0) is 15.9 Å². The van der Waals surface area contributed by atoms with Crippen molar-refractivity contribution in [1.29, 1.82) is 0 Å². The summed E-state index contributed by atoms with van der Waals surface area (Å²) >= 11 is 3.47. The predicted molar refractivity (Wildman–Crippen MR) is 61.0 cm³/mol. The molecule has 2 aromatic rings. The van der Waals surface area contributed by atoms with Crippen molar-refractivity contribution in [3.63, 3.8) is 0 Å². The van der Waals surface area contributed by atoms with Crippen LogP contribution in [0.3, 0.4) is 0 Å². The Morgan fingerprint density at radius 1 is 1.50 bits per heavy atom. The predicted octanol–water partition coefficient (Wildman–Crippen LogP) is 3.09. The van der Waals surface area contributed by atoms with Crippen molar-refractivity contribution in [2.24, 2.45) is 0 Å². The number of aromatic nitrogens is 2. The lowest BCUT2D eigenvalue weighted by atomic mass is 10.2. The second-order valence-electron chi connectivity index (χ2n) is 2.90. The van der Waals surface area contributed by atoms with E-state index in [0.29, 0.717) is 0 Å². The van der Waals surface area contributed by atoms with Crippen molar-refractivity contribution in [3.8, 4) is 11.8 Å².